The van der Waals surface area contributed by atoms with E-state index in [0.717, 1.165) is 38.5 Å². The van der Waals surface area contributed by atoms with Gasteiger partial charge in [-0.05, 0) is 11.6 Å². The summed E-state index contributed by atoms with van der Waals surface area (Å²) in [6.45, 7) is 5.17. The highest BCUT2D eigenvalue weighted by Crippen LogP contribution is 2.18. The number of hydrogen-bond donors (Lipinski definition) is 0. The Balaban J connectivity index is 1.57. The molecule has 1 saturated heterocycles. The van der Waals surface area contributed by atoms with E-state index in [-0.39, 0.29) is 0 Å². The van der Waals surface area contributed by atoms with Gasteiger partial charge >= 0.3 is 0 Å². The smallest absolute Gasteiger partial charge is 0.214 e. The molecule has 1 aromatic heterocycles. The molecule has 0 bridgehead atoms. The van der Waals surface area contributed by atoms with Crippen LogP contribution in [0.15, 0.2) is 48.5 Å². The monoisotopic (exact) mass is 283 g/mol. The van der Waals surface area contributed by atoms with Crippen molar-refractivity contribution in [3.8, 4) is 5.88 Å². The zero-order chi connectivity index (χ0) is 14.5. The molecule has 2 aromatic rings. The number of nitrogens with zero attached hydrogens (tertiary/aromatic N) is 3. The third kappa shape index (κ3) is 3.52. The minimum absolute atomic E-state index is 0.680. The summed E-state index contributed by atoms with van der Waals surface area (Å²) in [6, 6.07) is 16.6. The molecule has 4 heteroatoms. The van der Waals surface area contributed by atoms with E-state index in [1.54, 1.807) is 7.11 Å². The number of methoxy groups -OCH3 is 1. The van der Waals surface area contributed by atoms with Crippen LogP contribution in [0.4, 0.5) is 5.82 Å². The van der Waals surface area contributed by atoms with E-state index in [4.69, 9.17) is 4.74 Å². The molecule has 1 aliphatic heterocycles. The van der Waals surface area contributed by atoms with Crippen LogP contribution in [0.25, 0.3) is 0 Å². The summed E-state index contributed by atoms with van der Waals surface area (Å²) < 4.78 is 5.20. The number of anilines is 1. The minimum atomic E-state index is 0.680. The van der Waals surface area contributed by atoms with E-state index in [9.17, 15) is 0 Å². The van der Waals surface area contributed by atoms with E-state index in [0.29, 0.717) is 5.88 Å². The van der Waals surface area contributed by atoms with Gasteiger partial charge < -0.3 is 9.64 Å². The molecule has 0 aliphatic carbocycles. The number of piperazine rings is 1. The zero-order valence-electron chi connectivity index (χ0n) is 12.4. The lowest BCUT2D eigenvalue weighted by atomic mass is 10.2. The number of aromatic nitrogens is 1. The van der Waals surface area contributed by atoms with E-state index in [2.05, 4.69) is 51.2 Å². The van der Waals surface area contributed by atoms with Gasteiger partial charge in [0.15, 0.2) is 0 Å². The topological polar surface area (TPSA) is 28.6 Å². The Labute approximate surface area is 126 Å². The average molecular weight is 283 g/mol. The van der Waals surface area contributed by atoms with Crippen molar-refractivity contribution in [1.29, 1.82) is 0 Å². The number of benzene rings is 1. The number of rotatable bonds is 4. The summed E-state index contributed by atoms with van der Waals surface area (Å²) in [5.41, 5.74) is 1.38. The van der Waals surface area contributed by atoms with Crippen LogP contribution >= 0.6 is 0 Å². The summed E-state index contributed by atoms with van der Waals surface area (Å²) in [7, 11) is 1.66. The lowest BCUT2D eigenvalue weighted by Crippen LogP contribution is -2.46. The molecule has 3 rings (SSSR count). The molecule has 2 heterocycles. The summed E-state index contributed by atoms with van der Waals surface area (Å²) in [5, 5.41) is 0. The Morgan fingerprint density at radius 1 is 0.952 bits per heavy atom. The van der Waals surface area contributed by atoms with Crippen molar-refractivity contribution in [2.75, 3.05) is 38.2 Å². The molecule has 21 heavy (non-hydrogen) atoms. The van der Waals surface area contributed by atoms with Crippen molar-refractivity contribution in [2.45, 2.75) is 6.54 Å². The van der Waals surface area contributed by atoms with Gasteiger partial charge in [-0.3, -0.25) is 4.90 Å². The first kappa shape index (κ1) is 13.9. The standard InChI is InChI=1S/C17H21N3O/c1-21-17-9-5-8-16(18-17)20-12-10-19(11-13-20)14-15-6-3-2-4-7-15/h2-9H,10-14H2,1H3. The summed E-state index contributed by atoms with van der Waals surface area (Å²) in [5.74, 6) is 1.69. The predicted octanol–water partition coefficient (Wildman–Crippen LogP) is 2.41. The highest BCUT2D eigenvalue weighted by molar-refractivity contribution is 5.41. The first-order chi connectivity index (χ1) is 10.3. The Morgan fingerprint density at radius 2 is 1.71 bits per heavy atom. The molecule has 0 atom stereocenters. The molecular weight excluding hydrogens is 262 g/mol. The van der Waals surface area contributed by atoms with E-state index >= 15 is 0 Å². The lowest BCUT2D eigenvalue weighted by molar-refractivity contribution is 0.249. The van der Waals surface area contributed by atoms with Gasteiger partial charge in [-0.1, -0.05) is 36.4 Å². The van der Waals surface area contributed by atoms with Crippen LogP contribution in [0.5, 0.6) is 5.88 Å². The van der Waals surface area contributed by atoms with Gasteiger partial charge in [0, 0.05) is 38.8 Å². The number of ether oxygens (including phenoxy) is 1. The second-order valence-corrected chi connectivity index (χ2v) is 5.29. The second kappa shape index (κ2) is 6.59. The Bertz CT molecular complexity index is 565. The van der Waals surface area contributed by atoms with Crippen molar-refractivity contribution in [3.05, 3.63) is 54.1 Å². The van der Waals surface area contributed by atoms with E-state index in [1.165, 1.54) is 5.56 Å². The highest BCUT2D eigenvalue weighted by Gasteiger charge is 2.18. The van der Waals surface area contributed by atoms with Gasteiger partial charge in [0.05, 0.1) is 7.11 Å². The predicted molar refractivity (Wildman–Crippen MR) is 84.7 cm³/mol. The molecule has 0 saturated carbocycles. The second-order valence-electron chi connectivity index (χ2n) is 5.29. The van der Waals surface area contributed by atoms with Crippen LogP contribution in [-0.4, -0.2) is 43.2 Å². The molecule has 0 radical (unpaired) electrons. The summed E-state index contributed by atoms with van der Waals surface area (Å²) in [6.07, 6.45) is 0. The van der Waals surface area contributed by atoms with Gasteiger partial charge in [0.25, 0.3) is 0 Å². The average Bonchev–Trinajstić information content (AvgIpc) is 2.56. The van der Waals surface area contributed by atoms with Crippen molar-refractivity contribution >= 4 is 5.82 Å². The van der Waals surface area contributed by atoms with Gasteiger partial charge in [0.1, 0.15) is 5.82 Å². The van der Waals surface area contributed by atoms with E-state index in [1.807, 2.05) is 12.1 Å². The quantitative estimate of drug-likeness (QED) is 0.861. The van der Waals surface area contributed by atoms with Crippen molar-refractivity contribution in [3.63, 3.8) is 0 Å². The maximum atomic E-state index is 5.20. The third-order valence-corrected chi connectivity index (χ3v) is 3.86. The van der Waals surface area contributed by atoms with Gasteiger partial charge in [-0.2, -0.15) is 4.98 Å². The summed E-state index contributed by atoms with van der Waals surface area (Å²) >= 11 is 0. The third-order valence-electron chi connectivity index (χ3n) is 3.86. The molecule has 0 unspecified atom stereocenters. The molecule has 0 amide bonds. The molecule has 1 aromatic carbocycles. The molecule has 1 aliphatic rings. The normalized spacial score (nSPS) is 16.0. The van der Waals surface area contributed by atoms with Crippen molar-refractivity contribution in [1.82, 2.24) is 9.88 Å². The van der Waals surface area contributed by atoms with Crippen LogP contribution < -0.4 is 9.64 Å². The summed E-state index contributed by atoms with van der Waals surface area (Å²) in [4.78, 5) is 9.32. The maximum absolute atomic E-state index is 5.20. The lowest BCUT2D eigenvalue weighted by Gasteiger charge is -2.35. The zero-order valence-corrected chi connectivity index (χ0v) is 12.4. The molecule has 4 nitrogen and oxygen atoms in total. The van der Waals surface area contributed by atoms with Crippen molar-refractivity contribution in [2.24, 2.45) is 0 Å². The van der Waals surface area contributed by atoms with E-state index < -0.39 is 0 Å². The van der Waals surface area contributed by atoms with Crippen molar-refractivity contribution < 1.29 is 4.74 Å². The first-order valence-electron chi connectivity index (χ1n) is 7.37. The molecule has 1 fully saturated rings. The number of hydrogen-bond acceptors (Lipinski definition) is 4. The van der Waals surface area contributed by atoms with Crippen LogP contribution in [0.3, 0.4) is 0 Å². The van der Waals surface area contributed by atoms with Crippen LogP contribution in [-0.2, 0) is 6.54 Å². The Morgan fingerprint density at radius 3 is 2.43 bits per heavy atom. The fraction of sp³-hybridized carbons (Fsp3) is 0.353. The van der Waals surface area contributed by atoms with Gasteiger partial charge in [-0.15, -0.1) is 0 Å². The molecule has 110 valence electrons. The van der Waals surface area contributed by atoms with Gasteiger partial charge in [-0.25, -0.2) is 0 Å². The molecule has 0 N–H and O–H groups in total. The minimum Gasteiger partial charge on any atom is -0.481 e. The maximum Gasteiger partial charge on any atom is 0.214 e. The highest BCUT2D eigenvalue weighted by atomic mass is 16.5. The van der Waals surface area contributed by atoms with Gasteiger partial charge in [0.2, 0.25) is 5.88 Å². The largest absolute Gasteiger partial charge is 0.481 e. The fourth-order valence-corrected chi connectivity index (χ4v) is 2.67. The molecule has 0 spiro atoms. The first-order valence-corrected chi connectivity index (χ1v) is 7.37. The van der Waals surface area contributed by atoms with Crippen LogP contribution in [0.2, 0.25) is 0 Å². The Kier molecular flexibility index (Phi) is 4.36. The van der Waals surface area contributed by atoms with Crippen LogP contribution in [0, 0.1) is 0 Å². The van der Waals surface area contributed by atoms with Crippen LogP contribution in [0.1, 0.15) is 5.56 Å². The fourth-order valence-electron chi connectivity index (χ4n) is 2.67. The SMILES string of the molecule is COc1cccc(N2CCN(Cc3ccccc3)CC2)n1. The number of pyridine rings is 1. The molecular formula is C17H21N3O. The Hall–Kier alpha value is -2.07.